The number of benzene rings is 1. The maximum Gasteiger partial charge on any atom is 0.209 e. The molecular formula is C16H20BrN3O2. The van der Waals surface area contributed by atoms with Crippen LogP contribution in [0.1, 0.15) is 5.89 Å². The van der Waals surface area contributed by atoms with Crippen LogP contribution in [0.25, 0.3) is 11.3 Å². The van der Waals surface area contributed by atoms with Gasteiger partial charge in [-0.1, -0.05) is 34.1 Å². The Morgan fingerprint density at radius 2 is 1.86 bits per heavy atom. The Labute approximate surface area is 138 Å². The third kappa shape index (κ3) is 3.76. The van der Waals surface area contributed by atoms with E-state index in [1.807, 2.05) is 24.3 Å². The summed E-state index contributed by atoms with van der Waals surface area (Å²) < 4.78 is 6.90. The molecule has 5 nitrogen and oxygen atoms in total. The van der Waals surface area contributed by atoms with Crippen molar-refractivity contribution in [3.8, 4) is 11.3 Å². The molecule has 1 N–H and O–H groups in total. The second-order valence-electron chi connectivity index (χ2n) is 5.44. The number of piperazine rings is 1. The molecule has 0 amide bonds. The van der Waals surface area contributed by atoms with Crippen molar-refractivity contribution in [2.24, 2.45) is 0 Å². The number of hydrogen-bond donors (Lipinski definition) is 1. The largest absolute Gasteiger partial charge is 0.439 e. The van der Waals surface area contributed by atoms with E-state index < -0.39 is 0 Å². The molecular weight excluding hydrogens is 346 g/mol. The molecule has 0 bridgehead atoms. The number of hydrogen-bond acceptors (Lipinski definition) is 5. The summed E-state index contributed by atoms with van der Waals surface area (Å²) in [6.07, 6.45) is 1.79. The lowest BCUT2D eigenvalue weighted by Crippen LogP contribution is -2.46. The summed E-state index contributed by atoms with van der Waals surface area (Å²) in [5.74, 6) is 1.54. The van der Waals surface area contributed by atoms with Crippen LogP contribution in [0.15, 0.2) is 39.4 Å². The normalized spacial score (nSPS) is 17.0. The molecule has 0 unspecified atom stereocenters. The minimum absolute atomic E-state index is 0.231. The van der Waals surface area contributed by atoms with E-state index in [0.29, 0.717) is 0 Å². The molecule has 1 aromatic heterocycles. The van der Waals surface area contributed by atoms with Crippen LogP contribution in [0.5, 0.6) is 0 Å². The Morgan fingerprint density at radius 3 is 2.59 bits per heavy atom. The maximum absolute atomic E-state index is 8.97. The number of β-amino-alcohol motifs (C(OH)–C–C–N with tert-alkyl or cyclic N) is 1. The molecule has 0 aliphatic carbocycles. The average molecular weight is 366 g/mol. The van der Waals surface area contributed by atoms with E-state index in [2.05, 4.69) is 30.7 Å². The summed E-state index contributed by atoms with van der Waals surface area (Å²) in [5, 5.41) is 8.97. The predicted molar refractivity (Wildman–Crippen MR) is 88.4 cm³/mol. The summed E-state index contributed by atoms with van der Waals surface area (Å²) in [6.45, 7) is 5.65. The molecule has 0 radical (unpaired) electrons. The van der Waals surface area contributed by atoms with Gasteiger partial charge in [-0.15, -0.1) is 0 Å². The van der Waals surface area contributed by atoms with Gasteiger partial charge in [0.05, 0.1) is 19.3 Å². The van der Waals surface area contributed by atoms with Gasteiger partial charge in [-0.25, -0.2) is 4.98 Å². The minimum Gasteiger partial charge on any atom is -0.439 e. The molecule has 0 spiro atoms. The molecule has 118 valence electrons. The van der Waals surface area contributed by atoms with Crippen LogP contribution in [0.3, 0.4) is 0 Å². The predicted octanol–water partition coefficient (Wildman–Crippen LogP) is 2.21. The molecule has 2 heterocycles. The first-order valence-corrected chi connectivity index (χ1v) is 8.31. The summed E-state index contributed by atoms with van der Waals surface area (Å²) in [6, 6.07) is 7.99. The molecule has 1 aliphatic rings. The minimum atomic E-state index is 0.231. The quantitative estimate of drug-likeness (QED) is 0.880. The summed E-state index contributed by atoms with van der Waals surface area (Å²) in [7, 11) is 0. The van der Waals surface area contributed by atoms with Crippen LogP contribution < -0.4 is 0 Å². The van der Waals surface area contributed by atoms with E-state index in [1.165, 1.54) is 0 Å². The van der Waals surface area contributed by atoms with Gasteiger partial charge in [0.2, 0.25) is 5.89 Å². The molecule has 1 saturated heterocycles. The second kappa shape index (κ2) is 7.37. The van der Waals surface area contributed by atoms with Crippen molar-refractivity contribution in [3.05, 3.63) is 40.8 Å². The number of nitrogens with zero attached hydrogens (tertiary/aromatic N) is 3. The lowest BCUT2D eigenvalue weighted by atomic mass is 10.2. The maximum atomic E-state index is 8.97. The zero-order valence-corrected chi connectivity index (χ0v) is 14.0. The van der Waals surface area contributed by atoms with Crippen LogP contribution in [0.4, 0.5) is 0 Å². The number of aliphatic hydroxyl groups excluding tert-OH is 1. The molecule has 0 atom stereocenters. The first kappa shape index (κ1) is 15.7. The Balaban J connectivity index is 1.60. The SMILES string of the molecule is OCCN1CCN(Cc2ncc(-c3ccccc3Br)o2)CC1. The third-order valence-corrected chi connectivity index (χ3v) is 4.62. The van der Waals surface area contributed by atoms with Crippen LogP contribution >= 0.6 is 15.9 Å². The number of aromatic nitrogens is 1. The van der Waals surface area contributed by atoms with Gasteiger partial charge >= 0.3 is 0 Å². The molecule has 3 rings (SSSR count). The van der Waals surface area contributed by atoms with Gasteiger partial charge in [-0.3, -0.25) is 9.80 Å². The van der Waals surface area contributed by atoms with Gasteiger partial charge < -0.3 is 9.52 Å². The van der Waals surface area contributed by atoms with E-state index in [-0.39, 0.29) is 6.61 Å². The molecule has 6 heteroatoms. The van der Waals surface area contributed by atoms with Gasteiger partial charge in [-0.05, 0) is 6.07 Å². The number of oxazole rings is 1. The van der Waals surface area contributed by atoms with Crippen molar-refractivity contribution in [2.45, 2.75) is 6.54 Å². The standard InChI is InChI=1S/C16H20BrN3O2/c17-14-4-2-1-3-13(14)15-11-18-16(22-15)12-20-7-5-19(6-8-20)9-10-21/h1-4,11,21H,5-10,12H2. The Morgan fingerprint density at radius 1 is 1.14 bits per heavy atom. The fraction of sp³-hybridized carbons (Fsp3) is 0.438. The van der Waals surface area contributed by atoms with Crippen LogP contribution in [-0.4, -0.2) is 59.2 Å². The van der Waals surface area contributed by atoms with Gasteiger partial charge in [-0.2, -0.15) is 0 Å². The topological polar surface area (TPSA) is 52.7 Å². The van der Waals surface area contributed by atoms with E-state index in [1.54, 1.807) is 6.20 Å². The van der Waals surface area contributed by atoms with Crippen molar-refractivity contribution in [1.29, 1.82) is 0 Å². The first-order valence-electron chi connectivity index (χ1n) is 7.51. The van der Waals surface area contributed by atoms with Gasteiger partial charge in [0.25, 0.3) is 0 Å². The highest BCUT2D eigenvalue weighted by molar-refractivity contribution is 9.10. The van der Waals surface area contributed by atoms with Crippen molar-refractivity contribution in [2.75, 3.05) is 39.3 Å². The fourth-order valence-electron chi connectivity index (χ4n) is 2.67. The fourth-order valence-corrected chi connectivity index (χ4v) is 3.15. The summed E-state index contributed by atoms with van der Waals surface area (Å²) in [4.78, 5) is 9.01. The Bertz CT molecular complexity index is 609. The van der Waals surface area contributed by atoms with Gasteiger partial charge in [0, 0.05) is 42.8 Å². The van der Waals surface area contributed by atoms with Gasteiger partial charge in [0.15, 0.2) is 5.76 Å². The number of halogens is 1. The highest BCUT2D eigenvalue weighted by Gasteiger charge is 2.18. The van der Waals surface area contributed by atoms with Crippen LogP contribution in [0.2, 0.25) is 0 Å². The second-order valence-corrected chi connectivity index (χ2v) is 6.29. The van der Waals surface area contributed by atoms with E-state index in [4.69, 9.17) is 9.52 Å². The Hall–Kier alpha value is -1.21. The monoisotopic (exact) mass is 365 g/mol. The smallest absolute Gasteiger partial charge is 0.209 e. The average Bonchev–Trinajstić information content (AvgIpc) is 2.98. The molecule has 0 saturated carbocycles. The molecule has 22 heavy (non-hydrogen) atoms. The van der Waals surface area contributed by atoms with Gasteiger partial charge in [0.1, 0.15) is 0 Å². The van der Waals surface area contributed by atoms with Crippen molar-refractivity contribution in [1.82, 2.24) is 14.8 Å². The van der Waals surface area contributed by atoms with Crippen molar-refractivity contribution in [3.63, 3.8) is 0 Å². The van der Waals surface area contributed by atoms with Crippen LogP contribution in [-0.2, 0) is 6.54 Å². The molecule has 1 fully saturated rings. The van der Waals surface area contributed by atoms with Crippen molar-refractivity contribution < 1.29 is 9.52 Å². The zero-order valence-electron chi connectivity index (χ0n) is 12.4. The lowest BCUT2D eigenvalue weighted by molar-refractivity contribution is 0.103. The zero-order chi connectivity index (χ0) is 15.4. The van der Waals surface area contributed by atoms with E-state index >= 15 is 0 Å². The van der Waals surface area contributed by atoms with E-state index in [0.717, 1.165) is 61.0 Å². The highest BCUT2D eigenvalue weighted by Crippen LogP contribution is 2.28. The number of aliphatic hydroxyl groups is 1. The van der Waals surface area contributed by atoms with E-state index in [9.17, 15) is 0 Å². The lowest BCUT2D eigenvalue weighted by Gasteiger charge is -2.33. The highest BCUT2D eigenvalue weighted by atomic mass is 79.9. The number of rotatable bonds is 5. The molecule has 1 aliphatic heterocycles. The first-order chi connectivity index (χ1) is 10.8. The molecule has 2 aromatic rings. The molecule has 1 aromatic carbocycles. The summed E-state index contributed by atoms with van der Waals surface area (Å²) in [5.41, 5.74) is 1.02. The van der Waals surface area contributed by atoms with Crippen LogP contribution in [0, 0.1) is 0 Å². The third-order valence-electron chi connectivity index (χ3n) is 3.93. The summed E-state index contributed by atoms with van der Waals surface area (Å²) >= 11 is 3.54. The van der Waals surface area contributed by atoms with Crippen molar-refractivity contribution >= 4 is 15.9 Å². The Kier molecular flexibility index (Phi) is 5.25.